The Morgan fingerprint density at radius 3 is 2.53 bits per heavy atom. The number of carbonyl (C=O) groups is 1. The van der Waals surface area contributed by atoms with Gasteiger partial charge in [-0.3, -0.25) is 4.79 Å². The van der Waals surface area contributed by atoms with Gasteiger partial charge in [0.1, 0.15) is 0 Å². The van der Waals surface area contributed by atoms with E-state index < -0.39 is 9.84 Å². The lowest BCUT2D eigenvalue weighted by molar-refractivity contribution is 0.0724. The van der Waals surface area contributed by atoms with Gasteiger partial charge in [-0.2, -0.15) is 0 Å². The average molecular weight is 281 g/mol. The van der Waals surface area contributed by atoms with Gasteiger partial charge in [-0.05, 0) is 37.0 Å². The maximum Gasteiger partial charge on any atom is 0.253 e. The third-order valence-electron chi connectivity index (χ3n) is 3.25. The zero-order valence-electron chi connectivity index (χ0n) is 11.1. The van der Waals surface area contributed by atoms with Gasteiger partial charge >= 0.3 is 0 Å². The predicted octanol–water partition coefficient (Wildman–Crippen LogP) is 1.86. The smallest absolute Gasteiger partial charge is 0.253 e. The normalized spacial score (nSPS) is 16.4. The van der Waals surface area contributed by atoms with Gasteiger partial charge in [-0.25, -0.2) is 8.42 Å². The first-order chi connectivity index (χ1) is 8.96. The number of amides is 1. The molecular weight excluding hydrogens is 262 g/mol. The molecule has 0 spiro atoms. The highest BCUT2D eigenvalue weighted by molar-refractivity contribution is 7.89. The molecule has 0 unspecified atom stereocenters. The molecule has 104 valence electrons. The van der Waals surface area contributed by atoms with Crippen molar-refractivity contribution in [3.05, 3.63) is 35.4 Å². The first-order valence-corrected chi connectivity index (χ1v) is 8.58. The maximum atomic E-state index is 12.3. The highest BCUT2D eigenvalue weighted by Crippen LogP contribution is 2.15. The largest absolute Gasteiger partial charge is 0.339 e. The Bertz CT molecular complexity index is 560. The molecule has 1 aliphatic heterocycles. The summed E-state index contributed by atoms with van der Waals surface area (Å²) in [7, 11) is -3.07. The van der Waals surface area contributed by atoms with E-state index >= 15 is 0 Å². The Morgan fingerprint density at radius 1 is 1.21 bits per heavy atom. The number of sulfone groups is 1. The molecule has 1 aromatic carbocycles. The molecular formula is C14H19NO3S. The molecule has 19 heavy (non-hydrogen) atoms. The fourth-order valence-corrected chi connectivity index (χ4v) is 3.16. The number of likely N-dealkylation sites (tertiary alicyclic amines) is 1. The molecule has 4 nitrogen and oxygen atoms in total. The Morgan fingerprint density at radius 2 is 1.89 bits per heavy atom. The molecule has 0 radical (unpaired) electrons. The van der Waals surface area contributed by atoms with Crippen molar-refractivity contribution in [2.24, 2.45) is 0 Å². The summed E-state index contributed by atoms with van der Waals surface area (Å²) in [6, 6.07) is 6.94. The van der Waals surface area contributed by atoms with Gasteiger partial charge in [-0.15, -0.1) is 0 Å². The predicted molar refractivity (Wildman–Crippen MR) is 74.7 cm³/mol. The summed E-state index contributed by atoms with van der Waals surface area (Å²) < 4.78 is 22.6. The first kappa shape index (κ1) is 14.1. The van der Waals surface area contributed by atoms with Crippen molar-refractivity contribution in [3.8, 4) is 0 Å². The van der Waals surface area contributed by atoms with Crippen LogP contribution in [0.2, 0.25) is 0 Å². The van der Waals surface area contributed by atoms with Crippen LogP contribution in [0.3, 0.4) is 0 Å². The quantitative estimate of drug-likeness (QED) is 0.849. The highest BCUT2D eigenvalue weighted by atomic mass is 32.2. The van der Waals surface area contributed by atoms with Gasteiger partial charge in [0, 0.05) is 24.9 Å². The minimum absolute atomic E-state index is 0.00931. The van der Waals surface area contributed by atoms with Crippen molar-refractivity contribution in [1.29, 1.82) is 0 Å². The standard InChI is InChI=1S/C14H19NO3S/c1-19(17,18)11-12-6-5-7-13(10-12)14(16)15-8-3-2-4-9-15/h5-7,10H,2-4,8-9,11H2,1H3. The van der Waals surface area contributed by atoms with Crippen LogP contribution in [0.5, 0.6) is 0 Å². The molecule has 0 aliphatic carbocycles. The summed E-state index contributed by atoms with van der Waals surface area (Å²) >= 11 is 0. The maximum absolute atomic E-state index is 12.3. The van der Waals surface area contributed by atoms with Crippen molar-refractivity contribution in [1.82, 2.24) is 4.90 Å². The fourth-order valence-electron chi connectivity index (χ4n) is 2.38. The van der Waals surface area contributed by atoms with Crippen molar-refractivity contribution in [2.45, 2.75) is 25.0 Å². The van der Waals surface area contributed by atoms with E-state index in [0.29, 0.717) is 11.1 Å². The molecule has 1 saturated heterocycles. The Labute approximate surface area is 114 Å². The van der Waals surface area contributed by atoms with Gasteiger partial charge in [0.05, 0.1) is 5.75 Å². The number of nitrogens with zero attached hydrogens (tertiary/aromatic N) is 1. The lowest BCUT2D eigenvalue weighted by Gasteiger charge is -2.26. The zero-order chi connectivity index (χ0) is 13.9. The SMILES string of the molecule is CS(=O)(=O)Cc1cccc(C(=O)N2CCCCC2)c1. The van der Waals surface area contributed by atoms with Crippen molar-refractivity contribution >= 4 is 15.7 Å². The monoisotopic (exact) mass is 281 g/mol. The number of carbonyl (C=O) groups excluding carboxylic acids is 1. The lowest BCUT2D eigenvalue weighted by atomic mass is 10.1. The minimum Gasteiger partial charge on any atom is -0.339 e. The lowest BCUT2D eigenvalue weighted by Crippen LogP contribution is -2.35. The summed E-state index contributed by atoms with van der Waals surface area (Å²) in [5, 5.41) is 0. The number of piperidine rings is 1. The molecule has 0 atom stereocenters. The number of hydrogen-bond acceptors (Lipinski definition) is 3. The van der Waals surface area contributed by atoms with E-state index in [0.717, 1.165) is 25.9 Å². The Balaban J connectivity index is 2.15. The molecule has 1 fully saturated rings. The van der Waals surface area contributed by atoms with Crippen LogP contribution in [-0.4, -0.2) is 38.6 Å². The molecule has 0 saturated carbocycles. The molecule has 1 aliphatic rings. The van der Waals surface area contributed by atoms with E-state index in [1.807, 2.05) is 4.90 Å². The third kappa shape index (κ3) is 4.06. The highest BCUT2D eigenvalue weighted by Gasteiger charge is 2.18. The second kappa shape index (κ2) is 5.74. The molecule has 0 bridgehead atoms. The summed E-state index contributed by atoms with van der Waals surface area (Å²) in [5.74, 6) is -0.0104. The molecule has 5 heteroatoms. The van der Waals surface area contributed by atoms with Crippen molar-refractivity contribution in [3.63, 3.8) is 0 Å². The zero-order valence-corrected chi connectivity index (χ0v) is 11.9. The minimum atomic E-state index is -3.07. The topological polar surface area (TPSA) is 54.5 Å². The van der Waals surface area contributed by atoms with Crippen LogP contribution in [0, 0.1) is 0 Å². The van der Waals surface area contributed by atoms with E-state index in [2.05, 4.69) is 0 Å². The van der Waals surface area contributed by atoms with E-state index in [-0.39, 0.29) is 11.7 Å². The third-order valence-corrected chi connectivity index (χ3v) is 4.10. The van der Waals surface area contributed by atoms with Gasteiger partial charge in [0.2, 0.25) is 0 Å². The van der Waals surface area contributed by atoms with Gasteiger partial charge < -0.3 is 4.90 Å². The van der Waals surface area contributed by atoms with Crippen LogP contribution < -0.4 is 0 Å². The molecule has 0 N–H and O–H groups in total. The summed E-state index contributed by atoms with van der Waals surface area (Å²) in [5.41, 5.74) is 1.26. The van der Waals surface area contributed by atoms with E-state index in [9.17, 15) is 13.2 Å². The van der Waals surface area contributed by atoms with Crippen LogP contribution in [0.1, 0.15) is 35.2 Å². The summed E-state index contributed by atoms with van der Waals surface area (Å²) in [6.45, 7) is 1.60. The van der Waals surface area contributed by atoms with Crippen LogP contribution in [0.4, 0.5) is 0 Å². The number of rotatable bonds is 3. The summed E-state index contributed by atoms with van der Waals surface area (Å²) in [6.07, 6.45) is 4.48. The van der Waals surface area contributed by atoms with E-state index in [1.54, 1.807) is 24.3 Å². The molecule has 1 amide bonds. The molecule has 0 aromatic heterocycles. The van der Waals surface area contributed by atoms with Crippen molar-refractivity contribution < 1.29 is 13.2 Å². The average Bonchev–Trinajstić information content (AvgIpc) is 2.37. The molecule has 1 aromatic rings. The van der Waals surface area contributed by atoms with Gasteiger partial charge in [0.25, 0.3) is 5.91 Å². The molecule has 2 rings (SSSR count). The number of benzene rings is 1. The second-order valence-corrected chi connectivity index (χ2v) is 7.26. The van der Waals surface area contributed by atoms with E-state index in [4.69, 9.17) is 0 Å². The van der Waals surface area contributed by atoms with Crippen LogP contribution in [0.15, 0.2) is 24.3 Å². The molecule has 1 heterocycles. The fraction of sp³-hybridized carbons (Fsp3) is 0.500. The van der Waals surface area contributed by atoms with Gasteiger partial charge in [0.15, 0.2) is 9.84 Å². The second-order valence-electron chi connectivity index (χ2n) is 5.12. The van der Waals surface area contributed by atoms with Gasteiger partial charge in [-0.1, -0.05) is 12.1 Å². The van der Waals surface area contributed by atoms with Crippen molar-refractivity contribution in [2.75, 3.05) is 19.3 Å². The van der Waals surface area contributed by atoms with Crippen LogP contribution in [0.25, 0.3) is 0 Å². The first-order valence-electron chi connectivity index (χ1n) is 6.52. The van der Waals surface area contributed by atoms with E-state index in [1.165, 1.54) is 12.7 Å². The Hall–Kier alpha value is -1.36. The summed E-state index contributed by atoms with van der Waals surface area (Å²) in [4.78, 5) is 14.1. The van der Waals surface area contributed by atoms with Crippen LogP contribution >= 0.6 is 0 Å². The Kier molecular flexibility index (Phi) is 4.24. The van der Waals surface area contributed by atoms with Crippen LogP contribution in [-0.2, 0) is 15.6 Å². The number of hydrogen-bond donors (Lipinski definition) is 0.